The maximum absolute atomic E-state index is 12.5. The Kier molecular flexibility index (Phi) is 4.67. The third-order valence-corrected chi connectivity index (χ3v) is 5.41. The van der Waals surface area contributed by atoms with Crippen molar-refractivity contribution in [3.05, 3.63) is 58.6 Å². The number of anilines is 1. The fraction of sp³-hybridized carbons (Fsp3) is 0.278. The van der Waals surface area contributed by atoms with Gasteiger partial charge in [-0.25, -0.2) is 13.2 Å². The molecule has 0 aliphatic rings. The van der Waals surface area contributed by atoms with E-state index in [0.29, 0.717) is 23.3 Å². The van der Waals surface area contributed by atoms with Gasteiger partial charge in [-0.15, -0.1) is 0 Å². The van der Waals surface area contributed by atoms with Crippen LogP contribution in [0.4, 0.5) is 5.69 Å². The summed E-state index contributed by atoms with van der Waals surface area (Å²) in [5.74, 6) is -0.438. The summed E-state index contributed by atoms with van der Waals surface area (Å²) in [6.45, 7) is 4.54. The molecule has 0 radical (unpaired) electrons. The molecule has 0 amide bonds. The van der Waals surface area contributed by atoms with E-state index in [-0.39, 0.29) is 4.90 Å². The molecule has 0 aliphatic heterocycles. The molecule has 1 aromatic heterocycles. The number of oxazole rings is 1. The van der Waals surface area contributed by atoms with E-state index in [0.717, 1.165) is 18.4 Å². The number of benzene rings is 2. The molecule has 1 heterocycles. The normalized spacial score (nSPS) is 11.8. The fourth-order valence-corrected chi connectivity index (χ4v) is 3.73. The predicted octanol–water partition coefficient (Wildman–Crippen LogP) is 3.37. The van der Waals surface area contributed by atoms with Gasteiger partial charge in [0.1, 0.15) is 0 Å². The smallest absolute Gasteiger partial charge is 0.408 e. The number of hydrogen-bond acceptors (Lipinski definition) is 4. The van der Waals surface area contributed by atoms with Gasteiger partial charge in [0, 0.05) is 12.6 Å². The van der Waals surface area contributed by atoms with E-state index in [2.05, 4.69) is 4.72 Å². The van der Waals surface area contributed by atoms with Crippen LogP contribution in [-0.4, -0.2) is 13.0 Å². The zero-order valence-corrected chi connectivity index (χ0v) is 15.0. The van der Waals surface area contributed by atoms with Gasteiger partial charge >= 0.3 is 5.76 Å². The molecule has 132 valence electrons. The number of sulfonamides is 1. The van der Waals surface area contributed by atoms with Gasteiger partial charge in [0.25, 0.3) is 10.0 Å². The highest BCUT2D eigenvalue weighted by molar-refractivity contribution is 7.92. The van der Waals surface area contributed by atoms with Gasteiger partial charge in [-0.05, 0) is 42.7 Å². The third-order valence-electron chi connectivity index (χ3n) is 4.01. The monoisotopic (exact) mass is 360 g/mol. The second-order valence-electron chi connectivity index (χ2n) is 5.81. The summed E-state index contributed by atoms with van der Waals surface area (Å²) in [6.07, 6.45) is 1.65. The van der Waals surface area contributed by atoms with Gasteiger partial charge in [-0.1, -0.05) is 26.0 Å². The van der Waals surface area contributed by atoms with E-state index in [1.54, 1.807) is 36.4 Å². The number of nitrogens with one attached hydrogen (secondary N) is 1. The van der Waals surface area contributed by atoms with Gasteiger partial charge in [0.15, 0.2) is 5.58 Å². The van der Waals surface area contributed by atoms with Crippen LogP contribution in [-0.2, 0) is 23.0 Å². The highest BCUT2D eigenvalue weighted by atomic mass is 32.2. The molecule has 1 N–H and O–H groups in total. The van der Waals surface area contributed by atoms with Crippen LogP contribution in [0.15, 0.2) is 56.6 Å². The van der Waals surface area contributed by atoms with E-state index in [9.17, 15) is 13.2 Å². The summed E-state index contributed by atoms with van der Waals surface area (Å²) >= 11 is 0. The lowest BCUT2D eigenvalue weighted by atomic mass is 10.2. The minimum absolute atomic E-state index is 0.190. The van der Waals surface area contributed by atoms with Crippen molar-refractivity contribution in [2.24, 2.45) is 0 Å². The first-order valence-corrected chi connectivity index (χ1v) is 9.68. The lowest BCUT2D eigenvalue weighted by molar-refractivity contribution is 0.502. The van der Waals surface area contributed by atoms with E-state index in [1.807, 2.05) is 13.8 Å². The largest absolute Gasteiger partial charge is 0.419 e. The summed E-state index contributed by atoms with van der Waals surface area (Å²) in [7, 11) is -3.70. The van der Waals surface area contributed by atoms with Crippen molar-refractivity contribution in [1.82, 2.24) is 4.57 Å². The Bertz CT molecular complexity index is 1050. The van der Waals surface area contributed by atoms with Crippen LogP contribution in [0.2, 0.25) is 0 Å². The molecule has 0 fully saturated rings. The SMILES string of the molecule is CCCn1c(=O)oc2cc(NS(=O)(=O)c3ccc(CC)cc3)ccc21. The predicted molar refractivity (Wildman–Crippen MR) is 97.4 cm³/mol. The Morgan fingerprint density at radius 2 is 1.80 bits per heavy atom. The van der Waals surface area contributed by atoms with E-state index in [1.165, 1.54) is 10.6 Å². The first kappa shape index (κ1) is 17.3. The van der Waals surface area contributed by atoms with Gasteiger partial charge in [-0.3, -0.25) is 9.29 Å². The zero-order chi connectivity index (χ0) is 18.0. The first-order valence-electron chi connectivity index (χ1n) is 8.19. The molecule has 6 nitrogen and oxygen atoms in total. The molecule has 0 bridgehead atoms. The van der Waals surface area contributed by atoms with Crippen LogP contribution in [0, 0.1) is 0 Å². The van der Waals surface area contributed by atoms with Crippen LogP contribution in [0.5, 0.6) is 0 Å². The summed E-state index contributed by atoms with van der Waals surface area (Å²) < 4.78 is 34.3. The van der Waals surface area contributed by atoms with Crippen molar-refractivity contribution < 1.29 is 12.8 Å². The summed E-state index contributed by atoms with van der Waals surface area (Å²) in [5, 5.41) is 0. The number of fused-ring (bicyclic) bond motifs is 1. The minimum atomic E-state index is -3.70. The Morgan fingerprint density at radius 1 is 1.08 bits per heavy atom. The minimum Gasteiger partial charge on any atom is -0.408 e. The molecule has 25 heavy (non-hydrogen) atoms. The number of rotatable bonds is 6. The molecule has 0 spiro atoms. The van der Waals surface area contributed by atoms with Gasteiger partial charge < -0.3 is 4.42 Å². The number of aryl methyl sites for hydroxylation is 2. The van der Waals surface area contributed by atoms with Crippen molar-refractivity contribution >= 4 is 26.8 Å². The quantitative estimate of drug-likeness (QED) is 0.731. The number of aromatic nitrogens is 1. The van der Waals surface area contributed by atoms with Crippen molar-refractivity contribution in [1.29, 1.82) is 0 Å². The lowest BCUT2D eigenvalue weighted by Gasteiger charge is -2.08. The fourth-order valence-electron chi connectivity index (χ4n) is 2.68. The zero-order valence-electron chi connectivity index (χ0n) is 14.2. The molecular formula is C18H20N2O4S. The Balaban J connectivity index is 1.92. The molecule has 2 aromatic carbocycles. The van der Waals surface area contributed by atoms with E-state index < -0.39 is 15.8 Å². The third kappa shape index (κ3) is 3.46. The van der Waals surface area contributed by atoms with Crippen molar-refractivity contribution in [2.75, 3.05) is 4.72 Å². The molecule has 7 heteroatoms. The average molecular weight is 360 g/mol. The van der Waals surface area contributed by atoms with Gasteiger partial charge in [0.2, 0.25) is 0 Å². The van der Waals surface area contributed by atoms with Crippen molar-refractivity contribution in [3.63, 3.8) is 0 Å². The van der Waals surface area contributed by atoms with Crippen LogP contribution in [0.3, 0.4) is 0 Å². The van der Waals surface area contributed by atoms with E-state index in [4.69, 9.17) is 4.42 Å². The molecule has 3 aromatic rings. The number of hydrogen-bond donors (Lipinski definition) is 1. The lowest BCUT2D eigenvalue weighted by Crippen LogP contribution is -2.13. The van der Waals surface area contributed by atoms with Gasteiger partial charge in [-0.2, -0.15) is 0 Å². The van der Waals surface area contributed by atoms with Crippen LogP contribution in [0.25, 0.3) is 11.1 Å². The van der Waals surface area contributed by atoms with Crippen LogP contribution >= 0.6 is 0 Å². The molecule has 0 aliphatic carbocycles. The Hall–Kier alpha value is -2.54. The maximum atomic E-state index is 12.5. The highest BCUT2D eigenvalue weighted by Gasteiger charge is 2.16. The molecule has 0 unspecified atom stereocenters. The number of nitrogens with zero attached hydrogens (tertiary/aromatic N) is 1. The molecular weight excluding hydrogens is 340 g/mol. The molecule has 0 saturated heterocycles. The maximum Gasteiger partial charge on any atom is 0.419 e. The summed E-state index contributed by atoms with van der Waals surface area (Å²) in [6, 6.07) is 11.6. The molecule has 0 saturated carbocycles. The highest BCUT2D eigenvalue weighted by Crippen LogP contribution is 2.22. The van der Waals surface area contributed by atoms with Crippen LogP contribution < -0.4 is 10.5 Å². The van der Waals surface area contributed by atoms with Crippen molar-refractivity contribution in [3.8, 4) is 0 Å². The average Bonchev–Trinajstić information content (AvgIpc) is 2.90. The van der Waals surface area contributed by atoms with Crippen molar-refractivity contribution in [2.45, 2.75) is 38.1 Å². The van der Waals surface area contributed by atoms with Crippen LogP contribution in [0.1, 0.15) is 25.8 Å². The topological polar surface area (TPSA) is 81.3 Å². The second-order valence-corrected chi connectivity index (χ2v) is 7.49. The summed E-state index contributed by atoms with van der Waals surface area (Å²) in [4.78, 5) is 12.1. The first-order chi connectivity index (χ1) is 11.9. The standard InChI is InChI=1S/C18H20N2O4S/c1-3-11-20-16-10-7-14(12-17(16)24-18(20)21)19-25(22,23)15-8-5-13(4-2)6-9-15/h5-10,12,19H,3-4,11H2,1-2H3. The van der Waals surface area contributed by atoms with Gasteiger partial charge in [0.05, 0.1) is 16.1 Å². The summed E-state index contributed by atoms with van der Waals surface area (Å²) in [5.41, 5.74) is 2.44. The Morgan fingerprint density at radius 3 is 2.44 bits per heavy atom. The van der Waals surface area contributed by atoms with E-state index >= 15 is 0 Å². The Labute approximate surface area is 146 Å². The molecule has 0 atom stereocenters. The molecule has 3 rings (SSSR count). The second kappa shape index (κ2) is 6.76.